The number of rotatable bonds is 5. The molecule has 0 radical (unpaired) electrons. The molecule has 0 saturated carbocycles. The van der Waals surface area contributed by atoms with Gasteiger partial charge < -0.3 is 9.47 Å². The van der Waals surface area contributed by atoms with E-state index in [1.807, 2.05) is 12.1 Å². The fourth-order valence-corrected chi connectivity index (χ4v) is 2.33. The molecule has 0 aliphatic heterocycles. The number of ether oxygens (including phenoxy) is 2. The zero-order valence-electron chi connectivity index (χ0n) is 13.5. The lowest BCUT2D eigenvalue weighted by Crippen LogP contribution is -2.21. The summed E-state index contributed by atoms with van der Waals surface area (Å²) in [5.41, 5.74) is 1.70. The number of carbonyl (C=O) groups is 2. The molecular weight excluding hydrogens is 320 g/mol. The van der Waals surface area contributed by atoms with Crippen LogP contribution in [0.2, 0.25) is 0 Å². The third-order valence-electron chi connectivity index (χ3n) is 3.61. The smallest absolute Gasteiger partial charge is 0.351 e. The van der Waals surface area contributed by atoms with Crippen molar-refractivity contribution in [3.8, 4) is 5.69 Å². The molecule has 0 amide bonds. The Morgan fingerprint density at radius 3 is 2.32 bits per heavy atom. The molecule has 0 aliphatic carbocycles. The van der Waals surface area contributed by atoms with Crippen molar-refractivity contribution >= 4 is 11.9 Å². The molecule has 0 bridgehead atoms. The van der Waals surface area contributed by atoms with Gasteiger partial charge in [-0.05, 0) is 30.3 Å². The maximum absolute atomic E-state index is 12.4. The van der Waals surface area contributed by atoms with Crippen molar-refractivity contribution in [3.63, 3.8) is 0 Å². The number of hydrogen-bond acceptors (Lipinski definition) is 5. The molecule has 3 rings (SSSR count). The van der Waals surface area contributed by atoms with Crippen molar-refractivity contribution in [1.29, 1.82) is 0 Å². The van der Waals surface area contributed by atoms with Gasteiger partial charge in [0.05, 0.1) is 18.4 Å². The van der Waals surface area contributed by atoms with Gasteiger partial charge in [-0.2, -0.15) is 5.10 Å². The number of aromatic nitrogens is 2. The first-order valence-electron chi connectivity index (χ1n) is 7.63. The Hall–Kier alpha value is -3.41. The number of carbonyl (C=O) groups excluding carboxylic acids is 2. The molecule has 0 saturated heterocycles. The average molecular weight is 336 g/mol. The van der Waals surface area contributed by atoms with Crippen molar-refractivity contribution in [2.45, 2.75) is 6.10 Å². The minimum absolute atomic E-state index is 0.334. The monoisotopic (exact) mass is 336 g/mol. The highest BCUT2D eigenvalue weighted by Gasteiger charge is 2.26. The van der Waals surface area contributed by atoms with E-state index >= 15 is 0 Å². The van der Waals surface area contributed by atoms with Crippen LogP contribution in [0.5, 0.6) is 0 Å². The second-order valence-corrected chi connectivity index (χ2v) is 5.22. The van der Waals surface area contributed by atoms with E-state index in [1.165, 1.54) is 7.11 Å². The zero-order valence-corrected chi connectivity index (χ0v) is 13.5. The maximum Gasteiger partial charge on any atom is 0.351 e. The lowest BCUT2D eigenvalue weighted by Gasteiger charge is -2.16. The van der Waals surface area contributed by atoms with Crippen LogP contribution in [0.4, 0.5) is 0 Å². The summed E-state index contributed by atoms with van der Waals surface area (Å²) in [7, 11) is 1.25. The number of hydrogen-bond donors (Lipinski definition) is 0. The second-order valence-electron chi connectivity index (χ2n) is 5.22. The second kappa shape index (κ2) is 7.44. The van der Waals surface area contributed by atoms with Gasteiger partial charge in [0.1, 0.15) is 0 Å². The van der Waals surface area contributed by atoms with Crippen molar-refractivity contribution < 1.29 is 19.1 Å². The summed E-state index contributed by atoms with van der Waals surface area (Å²) in [4.78, 5) is 24.4. The molecule has 1 heterocycles. The summed E-state index contributed by atoms with van der Waals surface area (Å²) in [5, 5.41) is 4.12. The molecule has 0 spiro atoms. The lowest BCUT2D eigenvalue weighted by atomic mass is 10.1. The van der Waals surface area contributed by atoms with Gasteiger partial charge in [0, 0.05) is 18.0 Å². The molecule has 1 atom stereocenters. The van der Waals surface area contributed by atoms with Crippen molar-refractivity contribution in [2.24, 2.45) is 0 Å². The van der Waals surface area contributed by atoms with Gasteiger partial charge >= 0.3 is 11.9 Å². The predicted octanol–water partition coefficient (Wildman–Crippen LogP) is 2.94. The Balaban J connectivity index is 1.78. The van der Waals surface area contributed by atoms with E-state index in [2.05, 4.69) is 5.10 Å². The van der Waals surface area contributed by atoms with Gasteiger partial charge in [-0.3, -0.25) is 0 Å². The Bertz CT molecular complexity index is 843. The van der Waals surface area contributed by atoms with Crippen molar-refractivity contribution in [3.05, 3.63) is 84.2 Å². The maximum atomic E-state index is 12.4. The van der Waals surface area contributed by atoms with Gasteiger partial charge in [-0.25, -0.2) is 14.3 Å². The normalized spacial score (nSPS) is 11.6. The highest BCUT2D eigenvalue weighted by molar-refractivity contribution is 5.91. The summed E-state index contributed by atoms with van der Waals surface area (Å²) in [5.74, 6) is -1.24. The summed E-state index contributed by atoms with van der Waals surface area (Å²) in [6, 6.07) is 17.3. The Morgan fingerprint density at radius 2 is 1.72 bits per heavy atom. The van der Waals surface area contributed by atoms with E-state index in [-0.39, 0.29) is 0 Å². The molecule has 1 unspecified atom stereocenters. The molecule has 0 N–H and O–H groups in total. The van der Waals surface area contributed by atoms with E-state index in [0.717, 1.165) is 5.69 Å². The Kier molecular flexibility index (Phi) is 4.89. The molecule has 2 aromatic carbocycles. The van der Waals surface area contributed by atoms with Crippen LogP contribution in [-0.2, 0) is 14.3 Å². The number of nitrogens with zero attached hydrogens (tertiary/aromatic N) is 2. The SMILES string of the molecule is COC(=O)C(OC(=O)c1ccc(-n2cccn2)cc1)c1ccccc1. The first kappa shape index (κ1) is 16.4. The van der Waals surface area contributed by atoms with E-state index in [9.17, 15) is 9.59 Å². The number of esters is 2. The minimum Gasteiger partial charge on any atom is -0.466 e. The van der Waals surface area contributed by atoms with Crippen molar-refractivity contribution in [2.75, 3.05) is 7.11 Å². The van der Waals surface area contributed by atoms with E-state index < -0.39 is 18.0 Å². The summed E-state index contributed by atoms with van der Waals surface area (Å²) in [6.45, 7) is 0. The van der Waals surface area contributed by atoms with Crippen LogP contribution in [0.25, 0.3) is 5.69 Å². The molecule has 1 aromatic heterocycles. The highest BCUT2D eigenvalue weighted by atomic mass is 16.6. The van der Waals surface area contributed by atoms with Gasteiger partial charge in [0.2, 0.25) is 6.10 Å². The van der Waals surface area contributed by atoms with Crippen LogP contribution in [0.15, 0.2) is 73.1 Å². The standard InChI is InChI=1S/C19H16N2O4/c1-24-19(23)17(14-6-3-2-4-7-14)25-18(22)15-8-10-16(11-9-15)21-13-5-12-20-21/h2-13,17H,1H3. The predicted molar refractivity (Wildman–Crippen MR) is 90.2 cm³/mol. The van der Waals surface area contributed by atoms with Gasteiger partial charge in [0.15, 0.2) is 0 Å². The minimum atomic E-state index is -1.11. The Morgan fingerprint density at radius 1 is 1.00 bits per heavy atom. The third-order valence-corrected chi connectivity index (χ3v) is 3.61. The van der Waals surface area contributed by atoms with Crippen molar-refractivity contribution in [1.82, 2.24) is 9.78 Å². The van der Waals surface area contributed by atoms with Gasteiger partial charge in [-0.1, -0.05) is 30.3 Å². The van der Waals surface area contributed by atoms with Crippen LogP contribution >= 0.6 is 0 Å². The Labute approximate surface area is 144 Å². The molecule has 6 heteroatoms. The molecule has 25 heavy (non-hydrogen) atoms. The molecule has 6 nitrogen and oxygen atoms in total. The summed E-state index contributed by atoms with van der Waals surface area (Å²) in [6.07, 6.45) is 2.36. The molecule has 126 valence electrons. The lowest BCUT2D eigenvalue weighted by molar-refractivity contribution is -0.151. The van der Waals surface area contributed by atoms with Crippen LogP contribution in [-0.4, -0.2) is 28.8 Å². The van der Waals surface area contributed by atoms with Crippen LogP contribution in [0, 0.1) is 0 Å². The van der Waals surface area contributed by atoms with E-state index in [0.29, 0.717) is 11.1 Å². The fraction of sp³-hybridized carbons (Fsp3) is 0.105. The quantitative estimate of drug-likeness (QED) is 0.670. The highest BCUT2D eigenvalue weighted by Crippen LogP contribution is 2.21. The van der Waals surface area contributed by atoms with Crippen LogP contribution < -0.4 is 0 Å². The van der Waals surface area contributed by atoms with Gasteiger partial charge in [0.25, 0.3) is 0 Å². The fourth-order valence-electron chi connectivity index (χ4n) is 2.33. The van der Waals surface area contributed by atoms with Gasteiger partial charge in [-0.15, -0.1) is 0 Å². The summed E-state index contributed by atoms with van der Waals surface area (Å²) >= 11 is 0. The summed E-state index contributed by atoms with van der Waals surface area (Å²) < 4.78 is 11.8. The largest absolute Gasteiger partial charge is 0.466 e. The molecule has 0 aliphatic rings. The average Bonchev–Trinajstić information content (AvgIpc) is 3.21. The van der Waals surface area contributed by atoms with Crippen LogP contribution in [0.3, 0.4) is 0 Å². The number of methoxy groups -OCH3 is 1. The first-order chi connectivity index (χ1) is 12.2. The van der Waals surface area contributed by atoms with Crippen LogP contribution in [0.1, 0.15) is 22.0 Å². The molecule has 0 fully saturated rings. The van der Waals surface area contributed by atoms with E-state index in [1.54, 1.807) is 65.6 Å². The zero-order chi connectivity index (χ0) is 17.6. The molecule has 3 aromatic rings. The molecular formula is C19H16N2O4. The van der Waals surface area contributed by atoms with E-state index in [4.69, 9.17) is 9.47 Å². The third kappa shape index (κ3) is 3.74. The first-order valence-corrected chi connectivity index (χ1v) is 7.63. The topological polar surface area (TPSA) is 70.4 Å². The number of benzene rings is 2.